The van der Waals surface area contributed by atoms with Crippen molar-refractivity contribution in [2.45, 2.75) is 25.4 Å². The van der Waals surface area contributed by atoms with Gasteiger partial charge in [0.15, 0.2) is 0 Å². The summed E-state index contributed by atoms with van der Waals surface area (Å²) in [6, 6.07) is 6.46. The predicted octanol–water partition coefficient (Wildman–Crippen LogP) is 0.512. The maximum absolute atomic E-state index is 5.44. The van der Waals surface area contributed by atoms with Gasteiger partial charge in [-0.15, -0.1) is 5.10 Å². The molecule has 0 aliphatic carbocycles. The third kappa shape index (κ3) is 3.37. The van der Waals surface area contributed by atoms with Crippen LogP contribution in [0, 0.1) is 0 Å². The molecule has 1 atom stereocenters. The van der Waals surface area contributed by atoms with Crippen LogP contribution in [0.2, 0.25) is 0 Å². The minimum absolute atomic E-state index is 0.514. The largest absolute Gasteiger partial charge is 0.496 e. The van der Waals surface area contributed by atoms with Crippen LogP contribution in [0.3, 0.4) is 0 Å². The highest BCUT2D eigenvalue weighted by Crippen LogP contribution is 2.21. The van der Waals surface area contributed by atoms with Crippen LogP contribution in [0.4, 0.5) is 0 Å². The topological polar surface area (TPSA) is 76.9 Å². The van der Waals surface area contributed by atoms with E-state index in [9.17, 15) is 0 Å². The molecule has 112 valence electrons. The second-order valence-corrected chi connectivity index (χ2v) is 5.17. The number of methoxy groups -OCH3 is 1. The fourth-order valence-electron chi connectivity index (χ4n) is 2.61. The molecule has 0 saturated carbocycles. The summed E-state index contributed by atoms with van der Waals surface area (Å²) < 4.78 is 7.08. The van der Waals surface area contributed by atoms with Gasteiger partial charge in [-0.1, -0.05) is 0 Å². The number of tetrazole rings is 1. The first-order valence-electron chi connectivity index (χ1n) is 7.21. The Labute approximate surface area is 123 Å². The third-order valence-electron chi connectivity index (χ3n) is 3.76. The summed E-state index contributed by atoms with van der Waals surface area (Å²) in [5.74, 6) is 0.878. The first-order valence-corrected chi connectivity index (χ1v) is 7.21. The number of hydrogen-bond acceptors (Lipinski definition) is 6. The van der Waals surface area contributed by atoms with E-state index in [1.165, 1.54) is 12.8 Å². The first kappa shape index (κ1) is 14.0. The Kier molecular flexibility index (Phi) is 4.42. The highest BCUT2D eigenvalue weighted by molar-refractivity contribution is 5.43. The van der Waals surface area contributed by atoms with Gasteiger partial charge in [0.25, 0.3) is 0 Å². The summed E-state index contributed by atoms with van der Waals surface area (Å²) in [7, 11) is 1.69. The average molecular weight is 288 g/mol. The molecule has 1 aliphatic rings. The quantitative estimate of drug-likeness (QED) is 0.835. The maximum Gasteiger partial charge on any atom is 0.143 e. The van der Waals surface area contributed by atoms with E-state index < -0.39 is 0 Å². The molecule has 1 fully saturated rings. The third-order valence-corrected chi connectivity index (χ3v) is 3.76. The lowest BCUT2D eigenvalue weighted by Crippen LogP contribution is -2.42. The maximum atomic E-state index is 5.44. The van der Waals surface area contributed by atoms with Crippen molar-refractivity contribution >= 4 is 0 Å². The van der Waals surface area contributed by atoms with Gasteiger partial charge in [-0.3, -0.25) is 0 Å². The van der Waals surface area contributed by atoms with Gasteiger partial charge in [0.2, 0.25) is 0 Å². The van der Waals surface area contributed by atoms with Crippen LogP contribution in [0.15, 0.2) is 24.5 Å². The number of rotatable bonds is 5. The normalized spacial score (nSPS) is 18.6. The monoisotopic (exact) mass is 288 g/mol. The summed E-state index contributed by atoms with van der Waals surface area (Å²) in [5, 5.41) is 18.2. The Morgan fingerprint density at radius 2 is 2.43 bits per heavy atom. The lowest BCUT2D eigenvalue weighted by molar-refractivity contribution is 0.378. The molecular formula is C14H20N6O. The van der Waals surface area contributed by atoms with E-state index in [0.29, 0.717) is 6.04 Å². The van der Waals surface area contributed by atoms with E-state index in [0.717, 1.165) is 36.6 Å². The van der Waals surface area contributed by atoms with Crippen LogP contribution in [0.5, 0.6) is 5.75 Å². The van der Waals surface area contributed by atoms with Gasteiger partial charge in [-0.25, -0.2) is 4.68 Å². The second kappa shape index (κ2) is 6.64. The van der Waals surface area contributed by atoms with E-state index in [2.05, 4.69) is 32.2 Å². The molecule has 1 aromatic heterocycles. The standard InChI is InChI=1S/C14H20N6O/c1-21-14-5-4-13(20-10-17-18-19-20)7-11(14)8-16-12-3-2-6-15-9-12/h4-5,7,10,12,15-16H,2-3,6,8-9H2,1H3. The van der Waals surface area contributed by atoms with E-state index >= 15 is 0 Å². The molecule has 2 aromatic rings. The van der Waals surface area contributed by atoms with E-state index in [1.54, 1.807) is 18.1 Å². The van der Waals surface area contributed by atoms with Crippen molar-refractivity contribution in [3.63, 3.8) is 0 Å². The molecule has 1 aliphatic heterocycles. The second-order valence-electron chi connectivity index (χ2n) is 5.17. The Balaban J connectivity index is 1.73. The van der Waals surface area contributed by atoms with Crippen LogP contribution in [0.1, 0.15) is 18.4 Å². The summed E-state index contributed by atoms with van der Waals surface area (Å²) in [4.78, 5) is 0. The van der Waals surface area contributed by atoms with E-state index in [-0.39, 0.29) is 0 Å². The van der Waals surface area contributed by atoms with Gasteiger partial charge in [-0.2, -0.15) is 0 Å². The van der Waals surface area contributed by atoms with E-state index in [4.69, 9.17) is 4.74 Å². The van der Waals surface area contributed by atoms with E-state index in [1.807, 2.05) is 12.1 Å². The molecule has 0 bridgehead atoms. The number of hydrogen-bond donors (Lipinski definition) is 2. The van der Waals surface area contributed by atoms with Crippen molar-refractivity contribution in [1.29, 1.82) is 0 Å². The molecule has 7 nitrogen and oxygen atoms in total. The minimum Gasteiger partial charge on any atom is -0.496 e. The molecule has 1 aromatic carbocycles. The van der Waals surface area contributed by atoms with Crippen molar-refractivity contribution in [2.24, 2.45) is 0 Å². The molecular weight excluding hydrogens is 268 g/mol. The summed E-state index contributed by atoms with van der Waals surface area (Å²) in [6.07, 6.45) is 4.02. The van der Waals surface area contributed by atoms with Gasteiger partial charge in [0.05, 0.1) is 12.8 Å². The molecule has 0 radical (unpaired) electrons. The summed E-state index contributed by atoms with van der Waals surface area (Å²) in [6.45, 7) is 2.91. The Morgan fingerprint density at radius 1 is 1.48 bits per heavy atom. The van der Waals surface area contributed by atoms with Crippen molar-refractivity contribution in [2.75, 3.05) is 20.2 Å². The van der Waals surface area contributed by atoms with Crippen molar-refractivity contribution < 1.29 is 4.74 Å². The fourth-order valence-corrected chi connectivity index (χ4v) is 2.61. The molecule has 3 rings (SSSR count). The number of nitrogens with one attached hydrogen (secondary N) is 2. The number of piperidine rings is 1. The smallest absolute Gasteiger partial charge is 0.143 e. The van der Waals surface area contributed by atoms with Gasteiger partial charge >= 0.3 is 0 Å². The van der Waals surface area contributed by atoms with Crippen molar-refractivity contribution in [3.8, 4) is 11.4 Å². The molecule has 2 N–H and O–H groups in total. The highest BCUT2D eigenvalue weighted by Gasteiger charge is 2.13. The Bertz CT molecular complexity index is 565. The lowest BCUT2D eigenvalue weighted by Gasteiger charge is -2.24. The van der Waals surface area contributed by atoms with Crippen LogP contribution in [-0.2, 0) is 6.54 Å². The number of aromatic nitrogens is 4. The molecule has 0 spiro atoms. The predicted molar refractivity (Wildman–Crippen MR) is 78.4 cm³/mol. The molecule has 7 heteroatoms. The van der Waals surface area contributed by atoms with Crippen LogP contribution < -0.4 is 15.4 Å². The minimum atomic E-state index is 0.514. The zero-order chi connectivity index (χ0) is 14.5. The SMILES string of the molecule is COc1ccc(-n2cnnn2)cc1CNC1CCCNC1. The molecule has 0 amide bonds. The fraction of sp³-hybridized carbons (Fsp3) is 0.500. The zero-order valence-electron chi connectivity index (χ0n) is 12.1. The van der Waals surface area contributed by atoms with Crippen molar-refractivity contribution in [1.82, 2.24) is 30.8 Å². The molecule has 2 heterocycles. The number of benzene rings is 1. The van der Waals surface area contributed by atoms with Crippen LogP contribution in [0.25, 0.3) is 5.69 Å². The van der Waals surface area contributed by atoms with Gasteiger partial charge in [-0.05, 0) is 48.0 Å². The summed E-state index contributed by atoms with van der Waals surface area (Å²) >= 11 is 0. The van der Waals surface area contributed by atoms with Gasteiger partial charge < -0.3 is 15.4 Å². The average Bonchev–Trinajstić information content (AvgIpc) is 3.08. The Morgan fingerprint density at radius 3 is 3.14 bits per heavy atom. The van der Waals surface area contributed by atoms with Crippen LogP contribution in [-0.4, -0.2) is 46.4 Å². The number of nitrogens with zero attached hydrogens (tertiary/aromatic N) is 4. The van der Waals surface area contributed by atoms with Crippen molar-refractivity contribution in [3.05, 3.63) is 30.1 Å². The van der Waals surface area contributed by atoms with Gasteiger partial charge in [0.1, 0.15) is 12.1 Å². The molecule has 1 saturated heterocycles. The van der Waals surface area contributed by atoms with Crippen LogP contribution >= 0.6 is 0 Å². The lowest BCUT2D eigenvalue weighted by atomic mass is 10.1. The van der Waals surface area contributed by atoms with Gasteiger partial charge in [0, 0.05) is 24.7 Å². The number of ether oxygens (including phenoxy) is 1. The Hall–Kier alpha value is -1.99. The summed E-state index contributed by atoms with van der Waals surface area (Å²) in [5.41, 5.74) is 2.04. The molecule has 21 heavy (non-hydrogen) atoms. The highest BCUT2D eigenvalue weighted by atomic mass is 16.5. The molecule has 1 unspecified atom stereocenters. The zero-order valence-corrected chi connectivity index (χ0v) is 12.1. The first-order chi connectivity index (χ1) is 10.4.